The molecule has 0 heterocycles. The third kappa shape index (κ3) is 9.85. The average molecular weight is 205 g/mol. The fourth-order valence-corrected chi connectivity index (χ4v) is 0. The van der Waals surface area contributed by atoms with Gasteiger partial charge in [-0.25, -0.2) is 0 Å². The van der Waals surface area contributed by atoms with Gasteiger partial charge in [0.25, 0.3) is 0 Å². The first-order valence-electron chi connectivity index (χ1n) is 1.00. The molecule has 28 valence electrons. The van der Waals surface area contributed by atoms with Crippen LogP contribution in [0.4, 0.5) is 0 Å². The summed E-state index contributed by atoms with van der Waals surface area (Å²) >= 11 is 0.950. The summed E-state index contributed by atoms with van der Waals surface area (Å²) in [6.07, 6.45) is 0. The summed E-state index contributed by atoms with van der Waals surface area (Å²) in [4.78, 5) is 0. The van der Waals surface area contributed by atoms with Gasteiger partial charge in [-0.15, -0.1) is 24.8 Å². The van der Waals surface area contributed by atoms with E-state index in [1.165, 1.54) is 0 Å². The molecule has 0 aliphatic carbocycles. The first-order chi connectivity index (χ1) is 1.00. The summed E-state index contributed by atoms with van der Waals surface area (Å²) in [7, 11) is 0. The fourth-order valence-electron chi connectivity index (χ4n) is 0. The van der Waals surface area contributed by atoms with Crippen LogP contribution in [0.15, 0.2) is 0 Å². The normalized spacial score (nSPS) is 1.25. The van der Waals surface area contributed by atoms with Crippen LogP contribution in [0.5, 0.6) is 0 Å². The van der Waals surface area contributed by atoms with Crippen LogP contribution in [0.3, 0.4) is 0 Å². The fraction of sp³-hybridized carbons (Fsp3) is 1.00. The third-order valence-electron chi connectivity index (χ3n) is 0. The van der Waals surface area contributed by atoms with Crippen LogP contribution >= 0.6 is 24.8 Å². The summed E-state index contributed by atoms with van der Waals surface area (Å²) in [6, 6.07) is 0. The summed E-state index contributed by atoms with van der Waals surface area (Å²) in [5.41, 5.74) is 0. The van der Waals surface area contributed by atoms with Crippen LogP contribution in [0.1, 0.15) is 0 Å². The van der Waals surface area contributed by atoms with E-state index in [1.807, 2.05) is 0 Å². The van der Waals surface area contributed by atoms with E-state index in [9.17, 15) is 0 Å². The van der Waals surface area contributed by atoms with Crippen molar-refractivity contribution in [1.29, 1.82) is 0 Å². The molecule has 0 aliphatic rings. The Morgan fingerprint density at radius 2 is 1.00 bits per heavy atom. The van der Waals surface area contributed by atoms with E-state index in [-0.39, 0.29) is 24.8 Å². The van der Waals surface area contributed by atoms with Crippen molar-refractivity contribution in [2.24, 2.45) is 0 Å². The van der Waals surface area contributed by atoms with Crippen LogP contribution in [0, 0.1) is 0 Å². The minimum absolute atomic E-state index is 0. The van der Waals surface area contributed by atoms with Crippen molar-refractivity contribution in [3.8, 4) is 0 Å². The Hall–Kier alpha value is 1.45. The first-order valence-corrected chi connectivity index (χ1v) is 6.71. The van der Waals surface area contributed by atoms with Crippen molar-refractivity contribution in [3.63, 3.8) is 0 Å². The summed E-state index contributed by atoms with van der Waals surface area (Å²) in [5, 5.41) is 0. The Balaban J connectivity index is -0.00000000500. The zero-order valence-corrected chi connectivity index (χ0v) is 10.2. The van der Waals surface area contributed by atoms with E-state index in [0.717, 1.165) is 24.4 Å². The van der Waals surface area contributed by atoms with Gasteiger partial charge in [0, 0.05) is 0 Å². The van der Waals surface area contributed by atoms with Crippen molar-refractivity contribution in [2.45, 2.75) is 4.68 Å². The number of hydrogen-bond acceptors (Lipinski definition) is 0. The van der Waals surface area contributed by atoms with Crippen LogP contribution in [0.2, 0.25) is 4.68 Å². The zero-order valence-electron chi connectivity index (χ0n) is 2.82. The maximum atomic E-state index is 2.21. The van der Waals surface area contributed by atoms with Gasteiger partial charge >= 0.3 is 29.1 Å². The molecule has 0 rings (SSSR count). The van der Waals surface area contributed by atoms with Gasteiger partial charge in [0.05, 0.1) is 0 Å². The Morgan fingerprint density at radius 1 is 1.00 bits per heavy atom. The molecule has 0 fully saturated rings. The minimum atomic E-state index is 0. The second-order valence-electron chi connectivity index (χ2n) is 0. The molecule has 4 heavy (non-hydrogen) atoms. The first kappa shape index (κ1) is 18.0. The second-order valence-corrected chi connectivity index (χ2v) is 0. The summed E-state index contributed by atoms with van der Waals surface area (Å²) < 4.78 is 2.21. The van der Waals surface area contributed by atoms with Crippen molar-refractivity contribution < 1.29 is 0 Å². The van der Waals surface area contributed by atoms with E-state index >= 15 is 0 Å². The molecule has 0 aromatic carbocycles. The predicted octanol–water partition coefficient (Wildman–Crippen LogP) is 0.511. The monoisotopic (exact) mass is 204 g/mol. The molecule has 3 heteroatoms. The molecule has 0 N–H and O–H groups in total. The standard InChI is InChI=1S/CH3.2ClH.In.2H/h1H3;2*1H;;;. The predicted molar refractivity (Wildman–Crippen MR) is 28.9 cm³/mol. The van der Waals surface area contributed by atoms with Crippen LogP contribution in [-0.4, -0.2) is 24.4 Å². The summed E-state index contributed by atoms with van der Waals surface area (Å²) in [5.74, 6) is 0. The molecule has 0 aromatic rings. The SMILES string of the molecule is Cl.Cl.[CH3][InH2]. The van der Waals surface area contributed by atoms with Gasteiger partial charge < -0.3 is 0 Å². The van der Waals surface area contributed by atoms with E-state index in [0.29, 0.717) is 0 Å². The molecule has 0 saturated carbocycles. The van der Waals surface area contributed by atoms with Crippen LogP contribution in [-0.2, 0) is 0 Å². The molecule has 0 aliphatic heterocycles. The molecular weight excluding hydrogens is 198 g/mol. The molecule has 0 nitrogen and oxygen atoms in total. The van der Waals surface area contributed by atoms with Crippen molar-refractivity contribution >= 4 is 49.2 Å². The Bertz CT molecular complexity index is 6.00. The van der Waals surface area contributed by atoms with Gasteiger partial charge in [0.1, 0.15) is 0 Å². The van der Waals surface area contributed by atoms with Crippen LogP contribution in [0.25, 0.3) is 0 Å². The Morgan fingerprint density at radius 3 is 1.00 bits per heavy atom. The molecule has 0 bridgehead atoms. The van der Waals surface area contributed by atoms with E-state index in [1.54, 1.807) is 0 Å². The number of hydrogen-bond donors (Lipinski definition) is 0. The van der Waals surface area contributed by atoms with Crippen molar-refractivity contribution in [1.82, 2.24) is 0 Å². The zero-order chi connectivity index (χ0) is 2.00. The molecule has 0 atom stereocenters. The molecule has 0 unspecified atom stereocenters. The van der Waals surface area contributed by atoms with Gasteiger partial charge in [0.15, 0.2) is 0 Å². The molecule has 0 aromatic heterocycles. The molecule has 0 radical (unpaired) electrons. The average Bonchev–Trinajstić information content (AvgIpc) is 1.00. The van der Waals surface area contributed by atoms with E-state index < -0.39 is 0 Å². The van der Waals surface area contributed by atoms with Gasteiger partial charge in [-0.3, -0.25) is 0 Å². The Kier molecular flexibility index (Phi) is 113. The van der Waals surface area contributed by atoms with Crippen molar-refractivity contribution in [2.75, 3.05) is 0 Å². The molecule has 0 saturated heterocycles. The maximum absolute atomic E-state index is 2.21. The Labute approximate surface area is 53.7 Å². The second kappa shape index (κ2) is 25.2. The van der Waals surface area contributed by atoms with Gasteiger partial charge in [-0.05, 0) is 0 Å². The van der Waals surface area contributed by atoms with Gasteiger partial charge in [-0.2, -0.15) is 0 Å². The summed E-state index contributed by atoms with van der Waals surface area (Å²) in [6.45, 7) is 0. The number of rotatable bonds is 0. The number of halogens is 2. The topological polar surface area (TPSA) is 0 Å². The van der Waals surface area contributed by atoms with Crippen LogP contribution < -0.4 is 0 Å². The molecule has 0 amide bonds. The molecular formula is CH7Cl2In. The van der Waals surface area contributed by atoms with Gasteiger partial charge in [-0.1, -0.05) is 0 Å². The van der Waals surface area contributed by atoms with Crippen molar-refractivity contribution in [3.05, 3.63) is 0 Å². The van der Waals surface area contributed by atoms with E-state index in [4.69, 9.17) is 0 Å². The van der Waals surface area contributed by atoms with Gasteiger partial charge in [0.2, 0.25) is 0 Å². The quantitative estimate of drug-likeness (QED) is 0.540. The van der Waals surface area contributed by atoms with E-state index in [2.05, 4.69) is 4.68 Å². The third-order valence-corrected chi connectivity index (χ3v) is 0. The molecule has 0 spiro atoms.